The highest BCUT2D eigenvalue weighted by molar-refractivity contribution is 6.29. The van der Waals surface area contributed by atoms with Crippen LogP contribution in [0, 0.1) is 5.41 Å². The van der Waals surface area contributed by atoms with Crippen molar-refractivity contribution in [1.82, 2.24) is 29.5 Å². The molecule has 0 radical (unpaired) electrons. The van der Waals surface area contributed by atoms with E-state index in [4.69, 9.17) is 21.3 Å². The molecule has 5 rings (SSSR count). The average Bonchev–Trinajstić information content (AvgIpc) is 3.32. The molecule has 0 saturated carbocycles. The maximum absolute atomic E-state index is 12.4. The molecule has 3 aliphatic rings. The van der Waals surface area contributed by atoms with Gasteiger partial charge in [-0.2, -0.15) is 5.10 Å². The van der Waals surface area contributed by atoms with E-state index in [0.29, 0.717) is 24.1 Å². The Morgan fingerprint density at radius 2 is 1.73 bits per heavy atom. The van der Waals surface area contributed by atoms with Crippen molar-refractivity contribution in [2.45, 2.75) is 65.0 Å². The van der Waals surface area contributed by atoms with Gasteiger partial charge in [0.15, 0.2) is 5.82 Å². The summed E-state index contributed by atoms with van der Waals surface area (Å²) in [5, 5.41) is 4.99. The number of nitrogens with zero attached hydrogens (tertiary/aromatic N) is 7. The number of hydrogen-bond donors (Lipinski definition) is 0. The van der Waals surface area contributed by atoms with Gasteiger partial charge in [-0.15, -0.1) is 0 Å². The van der Waals surface area contributed by atoms with Crippen LogP contribution in [0.4, 0.5) is 10.6 Å². The van der Waals surface area contributed by atoms with Crippen molar-refractivity contribution >= 4 is 29.4 Å². The van der Waals surface area contributed by atoms with E-state index in [1.807, 2.05) is 42.6 Å². The van der Waals surface area contributed by atoms with E-state index in [1.165, 1.54) is 0 Å². The van der Waals surface area contributed by atoms with Crippen molar-refractivity contribution in [3.8, 4) is 11.4 Å². The van der Waals surface area contributed by atoms with E-state index < -0.39 is 5.60 Å². The topological polar surface area (TPSA) is 96.7 Å². The van der Waals surface area contributed by atoms with Gasteiger partial charge in [0, 0.05) is 63.9 Å². The van der Waals surface area contributed by atoms with Gasteiger partial charge in [0.1, 0.15) is 16.6 Å². The van der Waals surface area contributed by atoms with E-state index in [9.17, 15) is 9.59 Å². The molecule has 2 aromatic rings. The second-order valence-electron chi connectivity index (χ2n) is 11.6. The molecule has 0 aromatic carbocycles. The molecule has 1 spiro atoms. The second kappa shape index (κ2) is 9.78. The average molecular weight is 530 g/mol. The van der Waals surface area contributed by atoms with Crippen molar-refractivity contribution < 1.29 is 14.3 Å². The summed E-state index contributed by atoms with van der Waals surface area (Å²) in [4.78, 5) is 39.3. The largest absolute Gasteiger partial charge is 0.444 e. The number of aromatic nitrogens is 4. The fourth-order valence-corrected chi connectivity index (χ4v) is 5.70. The van der Waals surface area contributed by atoms with E-state index >= 15 is 0 Å². The van der Waals surface area contributed by atoms with E-state index in [-0.39, 0.29) is 23.5 Å². The van der Waals surface area contributed by atoms with E-state index in [1.54, 1.807) is 18.0 Å². The lowest BCUT2D eigenvalue weighted by atomic mass is 9.72. The van der Waals surface area contributed by atoms with Crippen LogP contribution in [0.2, 0.25) is 5.15 Å². The van der Waals surface area contributed by atoms with Crippen LogP contribution in [0.5, 0.6) is 0 Å². The first kappa shape index (κ1) is 25.8. The first-order chi connectivity index (χ1) is 17.5. The zero-order chi connectivity index (χ0) is 26.4. The van der Waals surface area contributed by atoms with Crippen molar-refractivity contribution in [2.75, 3.05) is 44.2 Å². The molecule has 10 nitrogen and oxygen atoms in total. The highest BCUT2D eigenvalue weighted by atomic mass is 35.5. The summed E-state index contributed by atoms with van der Waals surface area (Å²) >= 11 is 6.40. The van der Waals surface area contributed by atoms with Gasteiger partial charge in [-0.1, -0.05) is 11.6 Å². The first-order valence-corrected chi connectivity index (χ1v) is 13.5. The summed E-state index contributed by atoms with van der Waals surface area (Å²) in [7, 11) is 0. The fourth-order valence-electron chi connectivity index (χ4n) is 5.53. The maximum atomic E-state index is 12.4. The Balaban J connectivity index is 1.20. The maximum Gasteiger partial charge on any atom is 0.410 e. The fraction of sp³-hybridized carbons (Fsp3) is 0.654. The number of ether oxygens (including phenoxy) is 1. The van der Waals surface area contributed by atoms with E-state index in [0.717, 1.165) is 63.2 Å². The normalized spacial score (nSPS) is 20.2. The van der Waals surface area contributed by atoms with Gasteiger partial charge in [0.05, 0.1) is 17.8 Å². The van der Waals surface area contributed by atoms with Gasteiger partial charge >= 0.3 is 6.09 Å². The van der Waals surface area contributed by atoms with Gasteiger partial charge in [-0.05, 0) is 46.5 Å². The van der Waals surface area contributed by atoms with Crippen LogP contribution in [0.1, 0.15) is 59.4 Å². The molecule has 2 aromatic heterocycles. The highest BCUT2D eigenvalue weighted by Gasteiger charge is 2.45. The molecule has 0 unspecified atom stereocenters. The molecule has 0 N–H and O–H groups in total. The Kier molecular flexibility index (Phi) is 6.81. The predicted molar refractivity (Wildman–Crippen MR) is 140 cm³/mol. The van der Waals surface area contributed by atoms with Crippen LogP contribution in [0.25, 0.3) is 11.4 Å². The third-order valence-electron chi connectivity index (χ3n) is 7.68. The predicted octanol–water partition coefficient (Wildman–Crippen LogP) is 4.01. The number of amides is 2. The lowest BCUT2D eigenvalue weighted by Crippen LogP contribution is -2.61. The van der Waals surface area contributed by atoms with Crippen molar-refractivity contribution in [2.24, 2.45) is 5.41 Å². The van der Waals surface area contributed by atoms with Crippen LogP contribution in [-0.4, -0.2) is 86.4 Å². The third-order valence-corrected chi connectivity index (χ3v) is 7.87. The minimum absolute atomic E-state index is 0.160. The summed E-state index contributed by atoms with van der Waals surface area (Å²) in [6.45, 7) is 12.0. The number of halogens is 1. The number of rotatable bonds is 3. The van der Waals surface area contributed by atoms with Crippen molar-refractivity contribution in [1.29, 1.82) is 0 Å². The minimum Gasteiger partial charge on any atom is -0.444 e. The highest BCUT2D eigenvalue weighted by Crippen LogP contribution is 2.42. The number of carbonyl (C=O) groups is 2. The van der Waals surface area contributed by atoms with Gasteiger partial charge in [-0.3, -0.25) is 9.48 Å². The number of carbonyl (C=O) groups excluding carboxylic acids is 2. The van der Waals surface area contributed by atoms with Crippen LogP contribution in [0.15, 0.2) is 18.5 Å². The summed E-state index contributed by atoms with van der Waals surface area (Å²) in [5.41, 5.74) is 0.579. The minimum atomic E-state index is -0.496. The smallest absolute Gasteiger partial charge is 0.410 e. The molecule has 37 heavy (non-hydrogen) atoms. The molecule has 0 atom stereocenters. The Labute approximate surface area is 222 Å². The standard InChI is InChI=1S/C26H36ClN7O3/c1-18(35)31-11-7-26(8-12-31)16-33(17-26)22-13-21(27)29-23(30-22)19-14-28-34(15-19)20-5-9-32(10-6-20)24(36)37-25(2,3)4/h13-15,20H,5-12,16-17H2,1-4H3. The third kappa shape index (κ3) is 5.68. The Morgan fingerprint density at radius 1 is 1.05 bits per heavy atom. The van der Waals surface area contributed by atoms with Gasteiger partial charge < -0.3 is 19.4 Å². The van der Waals surface area contributed by atoms with Gasteiger partial charge in [0.25, 0.3) is 0 Å². The zero-order valence-electron chi connectivity index (χ0n) is 22.1. The van der Waals surface area contributed by atoms with Crippen molar-refractivity contribution in [3.63, 3.8) is 0 Å². The lowest BCUT2D eigenvalue weighted by Gasteiger charge is -2.54. The molecular formula is C26H36ClN7O3. The Morgan fingerprint density at radius 3 is 2.35 bits per heavy atom. The summed E-state index contributed by atoms with van der Waals surface area (Å²) in [6, 6.07) is 2.02. The summed E-state index contributed by atoms with van der Waals surface area (Å²) < 4.78 is 7.45. The quantitative estimate of drug-likeness (QED) is 0.554. The number of anilines is 1. The van der Waals surface area contributed by atoms with Crippen LogP contribution in [0.3, 0.4) is 0 Å². The number of hydrogen-bond acceptors (Lipinski definition) is 7. The summed E-state index contributed by atoms with van der Waals surface area (Å²) in [5.74, 6) is 1.55. The monoisotopic (exact) mass is 529 g/mol. The number of piperidine rings is 2. The molecule has 11 heteroatoms. The van der Waals surface area contributed by atoms with Crippen LogP contribution in [-0.2, 0) is 9.53 Å². The Hall–Kier alpha value is -2.88. The molecule has 0 aliphatic carbocycles. The molecule has 3 aliphatic heterocycles. The zero-order valence-corrected chi connectivity index (χ0v) is 22.9. The Bertz CT molecular complexity index is 1150. The molecule has 3 saturated heterocycles. The van der Waals surface area contributed by atoms with E-state index in [2.05, 4.69) is 15.0 Å². The molecular weight excluding hydrogens is 494 g/mol. The second-order valence-corrected chi connectivity index (χ2v) is 12.0. The number of likely N-dealkylation sites (tertiary alicyclic amines) is 2. The molecule has 5 heterocycles. The molecule has 3 fully saturated rings. The first-order valence-electron chi connectivity index (χ1n) is 13.1. The van der Waals surface area contributed by atoms with Gasteiger partial charge in [0.2, 0.25) is 5.91 Å². The lowest BCUT2D eigenvalue weighted by molar-refractivity contribution is -0.131. The van der Waals surface area contributed by atoms with Crippen LogP contribution < -0.4 is 4.90 Å². The molecule has 200 valence electrons. The van der Waals surface area contributed by atoms with Crippen LogP contribution >= 0.6 is 11.6 Å². The molecule has 2 amide bonds. The summed E-state index contributed by atoms with van der Waals surface area (Å²) in [6.07, 6.45) is 7.15. The van der Waals surface area contributed by atoms with Gasteiger partial charge in [-0.25, -0.2) is 14.8 Å². The van der Waals surface area contributed by atoms with Crippen molar-refractivity contribution in [3.05, 3.63) is 23.6 Å². The molecule has 0 bridgehead atoms. The SMILES string of the molecule is CC(=O)N1CCC2(CC1)CN(c1cc(Cl)nc(-c3cnn(C4CCN(C(=O)OC(C)(C)C)CC4)c3)n1)C2.